The molecule has 1 aliphatic rings. The highest BCUT2D eigenvalue weighted by atomic mass is 16.6. The standard InChI is InChI=1S/C10H11N3O2/c1-2-15-10(14)13-11-7-8-5-3-4-6-9(8)12-13/h3-7,12H,2H2,1H3. The van der Waals surface area contributed by atoms with Gasteiger partial charge >= 0.3 is 6.09 Å². The third-order valence-corrected chi connectivity index (χ3v) is 1.94. The number of hydrogen-bond acceptors (Lipinski definition) is 4. The van der Waals surface area contributed by atoms with Crippen LogP contribution in [-0.4, -0.2) is 24.0 Å². The van der Waals surface area contributed by atoms with Crippen molar-refractivity contribution in [2.75, 3.05) is 12.0 Å². The van der Waals surface area contributed by atoms with E-state index in [0.717, 1.165) is 16.4 Å². The van der Waals surface area contributed by atoms with Crippen LogP contribution in [0.15, 0.2) is 29.4 Å². The van der Waals surface area contributed by atoms with Crippen LogP contribution in [0.5, 0.6) is 0 Å². The lowest BCUT2D eigenvalue weighted by atomic mass is 10.2. The smallest absolute Gasteiger partial charge is 0.447 e. The van der Waals surface area contributed by atoms with Crippen molar-refractivity contribution >= 4 is 18.0 Å². The Morgan fingerprint density at radius 1 is 1.53 bits per heavy atom. The van der Waals surface area contributed by atoms with Gasteiger partial charge in [-0.1, -0.05) is 18.2 Å². The SMILES string of the molecule is CCOC(=O)N1N=Cc2ccccc2N1. The quantitative estimate of drug-likeness (QED) is 0.760. The van der Waals surface area contributed by atoms with E-state index >= 15 is 0 Å². The lowest BCUT2D eigenvalue weighted by molar-refractivity contribution is 0.117. The molecule has 0 atom stereocenters. The van der Waals surface area contributed by atoms with Crippen LogP contribution in [0.3, 0.4) is 0 Å². The molecule has 0 spiro atoms. The molecule has 5 heteroatoms. The van der Waals surface area contributed by atoms with Crippen molar-refractivity contribution in [2.45, 2.75) is 6.92 Å². The van der Waals surface area contributed by atoms with Crippen molar-refractivity contribution in [2.24, 2.45) is 5.10 Å². The number of fused-ring (bicyclic) bond motifs is 1. The van der Waals surface area contributed by atoms with Crippen molar-refractivity contribution in [3.63, 3.8) is 0 Å². The molecule has 78 valence electrons. The molecule has 0 aromatic heterocycles. The Morgan fingerprint density at radius 3 is 3.13 bits per heavy atom. The third kappa shape index (κ3) is 1.90. The Hall–Kier alpha value is -2.04. The second kappa shape index (κ2) is 4.00. The summed E-state index contributed by atoms with van der Waals surface area (Å²) in [7, 11) is 0. The maximum absolute atomic E-state index is 11.3. The highest BCUT2D eigenvalue weighted by molar-refractivity contribution is 5.90. The fourth-order valence-electron chi connectivity index (χ4n) is 1.25. The first-order chi connectivity index (χ1) is 7.31. The minimum Gasteiger partial charge on any atom is -0.447 e. The molecule has 0 radical (unpaired) electrons. The zero-order valence-corrected chi connectivity index (χ0v) is 8.30. The van der Waals surface area contributed by atoms with Crippen LogP contribution in [0.4, 0.5) is 10.5 Å². The summed E-state index contributed by atoms with van der Waals surface area (Å²) >= 11 is 0. The Labute approximate surface area is 87.3 Å². The lowest BCUT2D eigenvalue weighted by Crippen LogP contribution is -2.34. The molecule has 1 N–H and O–H groups in total. The normalized spacial score (nSPS) is 13.0. The third-order valence-electron chi connectivity index (χ3n) is 1.94. The predicted molar refractivity (Wildman–Crippen MR) is 56.5 cm³/mol. The molecule has 0 aliphatic carbocycles. The molecule has 0 saturated carbocycles. The van der Waals surface area contributed by atoms with E-state index in [1.807, 2.05) is 24.3 Å². The number of benzene rings is 1. The Morgan fingerprint density at radius 2 is 2.33 bits per heavy atom. The van der Waals surface area contributed by atoms with E-state index in [4.69, 9.17) is 4.74 Å². The molecule has 0 unspecified atom stereocenters. The number of hydrazone groups is 1. The summed E-state index contributed by atoms with van der Waals surface area (Å²) in [5.74, 6) is 0. The molecule has 0 saturated heterocycles. The number of nitrogens with zero attached hydrogens (tertiary/aromatic N) is 2. The average molecular weight is 205 g/mol. The molecule has 1 aliphatic heterocycles. The first kappa shape index (κ1) is 9.51. The fraction of sp³-hybridized carbons (Fsp3) is 0.200. The average Bonchev–Trinajstić information content (AvgIpc) is 2.29. The molecule has 5 nitrogen and oxygen atoms in total. The summed E-state index contributed by atoms with van der Waals surface area (Å²) in [6.45, 7) is 2.08. The van der Waals surface area contributed by atoms with Gasteiger partial charge in [-0.3, -0.25) is 5.43 Å². The Balaban J connectivity index is 2.15. The van der Waals surface area contributed by atoms with Crippen LogP contribution in [0, 0.1) is 0 Å². The minimum absolute atomic E-state index is 0.328. The lowest BCUT2D eigenvalue weighted by Gasteiger charge is -2.22. The number of anilines is 1. The predicted octanol–water partition coefficient (Wildman–Crippen LogP) is 1.82. The highest BCUT2D eigenvalue weighted by Crippen LogP contribution is 2.17. The summed E-state index contributed by atoms with van der Waals surface area (Å²) < 4.78 is 4.81. The molecule has 2 rings (SSSR count). The Kier molecular flexibility index (Phi) is 2.53. The number of amides is 1. The van der Waals surface area contributed by atoms with Gasteiger partial charge in [-0.25, -0.2) is 4.79 Å². The largest absolute Gasteiger partial charge is 0.450 e. The summed E-state index contributed by atoms with van der Waals surface area (Å²) in [5, 5.41) is 4.99. The van der Waals surface area contributed by atoms with Gasteiger partial charge in [0.25, 0.3) is 0 Å². The maximum atomic E-state index is 11.3. The van der Waals surface area contributed by atoms with Crippen molar-refractivity contribution in [1.82, 2.24) is 5.12 Å². The van der Waals surface area contributed by atoms with Gasteiger partial charge in [0.15, 0.2) is 0 Å². The monoisotopic (exact) mass is 205 g/mol. The van der Waals surface area contributed by atoms with Crippen molar-refractivity contribution in [3.05, 3.63) is 29.8 Å². The van der Waals surface area contributed by atoms with E-state index in [2.05, 4.69) is 10.5 Å². The summed E-state index contributed by atoms with van der Waals surface area (Å²) in [5.41, 5.74) is 4.62. The first-order valence-electron chi connectivity index (χ1n) is 4.68. The van der Waals surface area contributed by atoms with Crippen LogP contribution in [0.1, 0.15) is 12.5 Å². The van der Waals surface area contributed by atoms with Gasteiger partial charge in [0.2, 0.25) is 0 Å². The fourth-order valence-corrected chi connectivity index (χ4v) is 1.25. The number of nitrogens with one attached hydrogen (secondary N) is 1. The van der Waals surface area contributed by atoms with E-state index in [-0.39, 0.29) is 0 Å². The number of carbonyl (C=O) groups is 1. The second-order valence-corrected chi connectivity index (χ2v) is 2.95. The maximum Gasteiger partial charge on any atom is 0.450 e. The van der Waals surface area contributed by atoms with E-state index < -0.39 is 6.09 Å². The van der Waals surface area contributed by atoms with E-state index in [1.165, 1.54) is 0 Å². The van der Waals surface area contributed by atoms with Gasteiger partial charge in [-0.2, -0.15) is 5.10 Å². The zero-order valence-electron chi connectivity index (χ0n) is 8.30. The van der Waals surface area contributed by atoms with Gasteiger partial charge in [0, 0.05) is 5.56 Å². The highest BCUT2D eigenvalue weighted by Gasteiger charge is 2.17. The minimum atomic E-state index is -0.511. The molecular formula is C10H11N3O2. The molecule has 1 aromatic carbocycles. The molecule has 1 heterocycles. The summed E-state index contributed by atoms with van der Waals surface area (Å²) in [6.07, 6.45) is 1.10. The zero-order chi connectivity index (χ0) is 10.7. The van der Waals surface area contributed by atoms with Gasteiger partial charge < -0.3 is 4.74 Å². The van der Waals surface area contributed by atoms with Gasteiger partial charge in [-0.05, 0) is 13.0 Å². The number of ether oxygens (including phenoxy) is 1. The number of carbonyl (C=O) groups excluding carboxylic acids is 1. The van der Waals surface area contributed by atoms with Gasteiger partial charge in [-0.15, -0.1) is 5.12 Å². The molecule has 0 fully saturated rings. The molecule has 1 amide bonds. The van der Waals surface area contributed by atoms with Crippen LogP contribution < -0.4 is 5.43 Å². The number of hydrazine groups is 1. The number of hydrogen-bond donors (Lipinski definition) is 1. The van der Waals surface area contributed by atoms with Crippen LogP contribution in [0.25, 0.3) is 0 Å². The number of rotatable bonds is 1. The topological polar surface area (TPSA) is 53.9 Å². The Bertz CT molecular complexity index is 403. The van der Waals surface area contributed by atoms with Crippen molar-refractivity contribution < 1.29 is 9.53 Å². The van der Waals surface area contributed by atoms with Crippen LogP contribution >= 0.6 is 0 Å². The molecule has 15 heavy (non-hydrogen) atoms. The summed E-state index contributed by atoms with van der Waals surface area (Å²) in [6, 6.07) is 7.57. The van der Waals surface area contributed by atoms with Gasteiger partial charge in [0.1, 0.15) is 0 Å². The van der Waals surface area contributed by atoms with Crippen molar-refractivity contribution in [1.29, 1.82) is 0 Å². The second-order valence-electron chi connectivity index (χ2n) is 2.95. The van der Waals surface area contributed by atoms with E-state index in [1.54, 1.807) is 13.1 Å². The number of para-hydroxylation sites is 1. The molecule has 0 bridgehead atoms. The van der Waals surface area contributed by atoms with Crippen molar-refractivity contribution in [3.8, 4) is 0 Å². The van der Waals surface area contributed by atoms with Crippen LogP contribution in [0.2, 0.25) is 0 Å². The summed E-state index contributed by atoms with van der Waals surface area (Å²) in [4.78, 5) is 11.3. The molecule has 1 aromatic rings. The van der Waals surface area contributed by atoms with Crippen LogP contribution in [-0.2, 0) is 4.74 Å². The first-order valence-corrected chi connectivity index (χ1v) is 4.68. The molecular weight excluding hydrogens is 194 g/mol. The van der Waals surface area contributed by atoms with Gasteiger partial charge in [0.05, 0.1) is 18.5 Å². The van der Waals surface area contributed by atoms with E-state index in [0.29, 0.717) is 6.61 Å². The van der Waals surface area contributed by atoms with E-state index in [9.17, 15) is 4.79 Å².